The smallest absolute Gasteiger partial charge is 0.225 e. The number of nitrogens with zero attached hydrogens (tertiary/aromatic N) is 5. The zero-order valence-electron chi connectivity index (χ0n) is 17.2. The maximum absolute atomic E-state index is 13.0. The number of likely N-dealkylation sites (tertiary alicyclic amines) is 2. The van der Waals surface area contributed by atoms with E-state index in [0.717, 1.165) is 69.7 Å². The normalized spacial score (nSPS) is 19.0. The van der Waals surface area contributed by atoms with Gasteiger partial charge in [0.2, 0.25) is 11.9 Å². The van der Waals surface area contributed by atoms with Crippen LogP contribution >= 0.6 is 0 Å². The summed E-state index contributed by atoms with van der Waals surface area (Å²) in [7, 11) is 0. The molecule has 2 fully saturated rings. The number of anilines is 1. The summed E-state index contributed by atoms with van der Waals surface area (Å²) in [6.07, 6.45) is 8.73. The van der Waals surface area contributed by atoms with Gasteiger partial charge in [-0.05, 0) is 50.9 Å². The van der Waals surface area contributed by atoms with E-state index in [1.807, 2.05) is 23.1 Å². The van der Waals surface area contributed by atoms with Crippen LogP contribution in [0.25, 0.3) is 0 Å². The third-order valence-corrected chi connectivity index (χ3v) is 6.22. The number of amides is 1. The molecule has 0 unspecified atom stereocenters. The Morgan fingerprint density at radius 1 is 1.00 bits per heavy atom. The Hall–Kier alpha value is -2.87. The lowest BCUT2D eigenvalue weighted by atomic mass is 9.88. The van der Waals surface area contributed by atoms with Crippen LogP contribution in [0.4, 0.5) is 5.95 Å². The average Bonchev–Trinajstić information content (AvgIpc) is 2.81. The molecular formula is C22H29N7O. The van der Waals surface area contributed by atoms with Crippen LogP contribution in [0.5, 0.6) is 0 Å². The van der Waals surface area contributed by atoms with Crippen LogP contribution in [0.1, 0.15) is 36.9 Å². The van der Waals surface area contributed by atoms with Crippen molar-refractivity contribution >= 4 is 17.6 Å². The zero-order valence-corrected chi connectivity index (χ0v) is 17.2. The van der Waals surface area contributed by atoms with E-state index in [1.54, 1.807) is 18.6 Å². The van der Waals surface area contributed by atoms with Crippen molar-refractivity contribution in [2.45, 2.75) is 32.2 Å². The van der Waals surface area contributed by atoms with Gasteiger partial charge in [0, 0.05) is 55.6 Å². The van der Waals surface area contributed by atoms with E-state index in [0.29, 0.717) is 11.7 Å². The van der Waals surface area contributed by atoms with Crippen molar-refractivity contribution in [3.8, 4) is 0 Å². The molecule has 1 amide bonds. The van der Waals surface area contributed by atoms with Crippen LogP contribution in [-0.2, 0) is 11.3 Å². The molecule has 8 heteroatoms. The molecular weight excluding hydrogens is 378 g/mol. The van der Waals surface area contributed by atoms with Crippen LogP contribution in [0.3, 0.4) is 0 Å². The van der Waals surface area contributed by atoms with Crippen molar-refractivity contribution in [3.05, 3.63) is 48.0 Å². The molecule has 4 heterocycles. The molecule has 2 aromatic heterocycles. The number of hydrogen-bond donors (Lipinski definition) is 2. The highest BCUT2D eigenvalue weighted by molar-refractivity contribution is 5.98. The number of nitrogens with two attached hydrogens (primary N) is 1. The molecule has 0 aliphatic carbocycles. The summed E-state index contributed by atoms with van der Waals surface area (Å²) in [5, 5.41) is 8.43. The second-order valence-electron chi connectivity index (χ2n) is 8.23. The number of nitrogen functional groups attached to an aromatic ring is 1. The molecule has 0 radical (unpaired) electrons. The number of carbonyl (C=O) groups excluding carboxylic acids is 1. The fraction of sp³-hybridized carbons (Fsp3) is 0.500. The quantitative estimate of drug-likeness (QED) is 0.733. The van der Waals surface area contributed by atoms with Gasteiger partial charge in [0.15, 0.2) is 0 Å². The van der Waals surface area contributed by atoms with Gasteiger partial charge < -0.3 is 16.0 Å². The van der Waals surface area contributed by atoms with Gasteiger partial charge in [-0.3, -0.25) is 14.7 Å². The Morgan fingerprint density at radius 3 is 2.30 bits per heavy atom. The van der Waals surface area contributed by atoms with Crippen molar-refractivity contribution in [2.75, 3.05) is 31.9 Å². The number of rotatable bonds is 5. The van der Waals surface area contributed by atoms with E-state index in [2.05, 4.69) is 19.9 Å². The predicted molar refractivity (Wildman–Crippen MR) is 115 cm³/mol. The first-order chi connectivity index (χ1) is 14.6. The van der Waals surface area contributed by atoms with Crippen LogP contribution in [0.15, 0.2) is 36.8 Å². The molecule has 2 aliphatic rings. The highest BCUT2D eigenvalue weighted by Crippen LogP contribution is 2.26. The molecule has 8 nitrogen and oxygen atoms in total. The molecule has 0 atom stereocenters. The Kier molecular flexibility index (Phi) is 6.32. The van der Waals surface area contributed by atoms with Crippen molar-refractivity contribution in [3.63, 3.8) is 0 Å². The van der Waals surface area contributed by atoms with Gasteiger partial charge in [0.25, 0.3) is 0 Å². The Morgan fingerprint density at radius 2 is 1.67 bits per heavy atom. The summed E-state index contributed by atoms with van der Waals surface area (Å²) in [5.74, 6) is 0.874. The number of hydrogen-bond acceptors (Lipinski definition) is 7. The summed E-state index contributed by atoms with van der Waals surface area (Å²) in [5.41, 5.74) is 7.94. The SMILES string of the molecule is N=C(c1ccccn1)C1CCN(C(=O)C2CCN(Cc3cnc(N)nc3)CC2)CC1. The summed E-state index contributed by atoms with van der Waals surface area (Å²) in [6, 6.07) is 5.68. The van der Waals surface area contributed by atoms with Gasteiger partial charge in [0.05, 0.1) is 11.4 Å². The largest absolute Gasteiger partial charge is 0.368 e. The summed E-state index contributed by atoms with van der Waals surface area (Å²) < 4.78 is 0. The standard InChI is InChI=1S/C22H29N7O/c23-20(19-3-1-2-8-25-19)17-6-11-29(12-7-17)21(30)18-4-9-28(10-5-18)15-16-13-26-22(24)27-14-16/h1-3,8,13-14,17-18,23H,4-7,9-12,15H2,(H2,24,26,27). The van der Waals surface area contributed by atoms with Gasteiger partial charge in [-0.15, -0.1) is 0 Å². The van der Waals surface area contributed by atoms with Gasteiger partial charge in [-0.2, -0.15) is 0 Å². The molecule has 0 bridgehead atoms. The molecule has 4 rings (SSSR count). The molecule has 158 valence electrons. The minimum Gasteiger partial charge on any atom is -0.368 e. The molecule has 2 saturated heterocycles. The summed E-state index contributed by atoms with van der Waals surface area (Å²) >= 11 is 0. The molecule has 0 spiro atoms. The van der Waals surface area contributed by atoms with Crippen molar-refractivity contribution in [2.24, 2.45) is 11.8 Å². The Labute approximate surface area is 177 Å². The fourth-order valence-electron chi connectivity index (χ4n) is 4.42. The maximum Gasteiger partial charge on any atom is 0.225 e. The van der Waals surface area contributed by atoms with E-state index in [4.69, 9.17) is 11.1 Å². The first-order valence-corrected chi connectivity index (χ1v) is 10.7. The lowest BCUT2D eigenvalue weighted by Gasteiger charge is -2.37. The van der Waals surface area contributed by atoms with Gasteiger partial charge in [-0.25, -0.2) is 9.97 Å². The topological polar surface area (TPSA) is 112 Å². The number of piperidine rings is 2. The average molecular weight is 408 g/mol. The van der Waals surface area contributed by atoms with Crippen LogP contribution in [-0.4, -0.2) is 62.5 Å². The van der Waals surface area contributed by atoms with Crippen molar-refractivity contribution < 1.29 is 4.79 Å². The molecule has 30 heavy (non-hydrogen) atoms. The van der Waals surface area contributed by atoms with Gasteiger partial charge >= 0.3 is 0 Å². The van der Waals surface area contributed by atoms with Crippen LogP contribution in [0, 0.1) is 17.2 Å². The third-order valence-electron chi connectivity index (χ3n) is 6.22. The molecule has 2 aromatic rings. The summed E-state index contributed by atoms with van der Waals surface area (Å²) in [6.45, 7) is 4.08. The van der Waals surface area contributed by atoms with E-state index < -0.39 is 0 Å². The highest BCUT2D eigenvalue weighted by atomic mass is 16.2. The van der Waals surface area contributed by atoms with E-state index >= 15 is 0 Å². The second-order valence-corrected chi connectivity index (χ2v) is 8.23. The number of carbonyl (C=O) groups is 1. The maximum atomic E-state index is 13.0. The van der Waals surface area contributed by atoms with E-state index in [9.17, 15) is 4.79 Å². The van der Waals surface area contributed by atoms with Crippen LogP contribution in [0.2, 0.25) is 0 Å². The van der Waals surface area contributed by atoms with E-state index in [-0.39, 0.29) is 17.7 Å². The van der Waals surface area contributed by atoms with Gasteiger partial charge in [0.1, 0.15) is 0 Å². The molecule has 0 saturated carbocycles. The Bertz CT molecular complexity index is 855. The predicted octanol–water partition coefficient (Wildman–Crippen LogP) is 1.97. The zero-order chi connectivity index (χ0) is 20.9. The third kappa shape index (κ3) is 4.81. The summed E-state index contributed by atoms with van der Waals surface area (Å²) in [4.78, 5) is 29.8. The van der Waals surface area contributed by atoms with Crippen LogP contribution < -0.4 is 5.73 Å². The fourth-order valence-corrected chi connectivity index (χ4v) is 4.42. The van der Waals surface area contributed by atoms with Gasteiger partial charge in [-0.1, -0.05) is 6.07 Å². The monoisotopic (exact) mass is 407 g/mol. The minimum atomic E-state index is 0.107. The molecule has 0 aromatic carbocycles. The lowest BCUT2D eigenvalue weighted by molar-refractivity contribution is -0.138. The van der Waals surface area contributed by atoms with Crippen molar-refractivity contribution in [1.29, 1.82) is 5.41 Å². The number of aromatic nitrogens is 3. The van der Waals surface area contributed by atoms with Crippen molar-refractivity contribution in [1.82, 2.24) is 24.8 Å². The Balaban J connectivity index is 1.23. The number of pyridine rings is 1. The second kappa shape index (κ2) is 9.30. The number of nitrogens with one attached hydrogen (secondary N) is 1. The highest BCUT2D eigenvalue weighted by Gasteiger charge is 2.32. The lowest BCUT2D eigenvalue weighted by Crippen LogP contribution is -2.46. The van der Waals surface area contributed by atoms with E-state index in [1.165, 1.54) is 0 Å². The first-order valence-electron chi connectivity index (χ1n) is 10.7. The molecule has 3 N–H and O–H groups in total. The molecule has 2 aliphatic heterocycles. The minimum absolute atomic E-state index is 0.107. The first kappa shape index (κ1) is 20.4.